The summed E-state index contributed by atoms with van der Waals surface area (Å²) in [6.07, 6.45) is 7.26. The Morgan fingerprint density at radius 2 is 1.73 bits per heavy atom. The molecule has 0 unspecified atom stereocenters. The molecule has 1 aliphatic rings. The summed E-state index contributed by atoms with van der Waals surface area (Å²) >= 11 is 0. The first-order valence-electron chi connectivity index (χ1n) is 9.66. The zero-order valence-electron chi connectivity index (χ0n) is 15.7. The Morgan fingerprint density at radius 3 is 2.50 bits per heavy atom. The standard InChI is InChI=1S/C23H28N2O/c1-3-4-5-9-16-23(26)25-18(2)17-21(20-14-10-11-15-22(20)25)24-19-12-7-6-8-13-19/h6-8,10-15,17-18,24H,3-5,9,16H2,1-2H3/t18-/m1/s1. The summed E-state index contributed by atoms with van der Waals surface area (Å²) in [5, 5.41) is 3.51. The minimum atomic E-state index is 0.0368. The summed E-state index contributed by atoms with van der Waals surface area (Å²) < 4.78 is 0. The van der Waals surface area contributed by atoms with Gasteiger partial charge in [0.05, 0.1) is 11.7 Å². The van der Waals surface area contributed by atoms with Gasteiger partial charge < -0.3 is 10.2 Å². The van der Waals surface area contributed by atoms with Crippen molar-refractivity contribution in [1.82, 2.24) is 0 Å². The Kier molecular flexibility index (Phi) is 6.11. The van der Waals surface area contributed by atoms with Gasteiger partial charge in [-0.25, -0.2) is 0 Å². The van der Waals surface area contributed by atoms with Crippen molar-refractivity contribution >= 4 is 23.0 Å². The summed E-state index contributed by atoms with van der Waals surface area (Å²) in [6, 6.07) is 18.4. The smallest absolute Gasteiger partial charge is 0.227 e. The molecular formula is C23H28N2O. The third kappa shape index (κ3) is 4.16. The fourth-order valence-electron chi connectivity index (χ4n) is 3.51. The minimum Gasteiger partial charge on any atom is -0.355 e. The molecule has 0 saturated carbocycles. The van der Waals surface area contributed by atoms with Gasteiger partial charge in [0.15, 0.2) is 0 Å². The predicted octanol–water partition coefficient (Wildman–Crippen LogP) is 5.85. The van der Waals surface area contributed by atoms with Crippen molar-refractivity contribution in [1.29, 1.82) is 0 Å². The molecule has 2 aromatic carbocycles. The van der Waals surface area contributed by atoms with Crippen molar-refractivity contribution in [2.75, 3.05) is 10.2 Å². The largest absolute Gasteiger partial charge is 0.355 e. The summed E-state index contributed by atoms with van der Waals surface area (Å²) in [6.45, 7) is 4.28. The van der Waals surface area contributed by atoms with Crippen LogP contribution in [-0.4, -0.2) is 11.9 Å². The van der Waals surface area contributed by atoms with Crippen LogP contribution in [0.1, 0.15) is 51.5 Å². The van der Waals surface area contributed by atoms with Gasteiger partial charge in [0, 0.05) is 23.4 Å². The first kappa shape index (κ1) is 18.2. The Balaban J connectivity index is 1.81. The second-order valence-corrected chi connectivity index (χ2v) is 6.90. The number of benzene rings is 2. The summed E-state index contributed by atoms with van der Waals surface area (Å²) in [5.74, 6) is 0.219. The van der Waals surface area contributed by atoms with Gasteiger partial charge in [-0.1, -0.05) is 62.6 Å². The van der Waals surface area contributed by atoms with Crippen LogP contribution < -0.4 is 10.2 Å². The van der Waals surface area contributed by atoms with Crippen LogP contribution in [-0.2, 0) is 4.79 Å². The van der Waals surface area contributed by atoms with E-state index in [1.165, 1.54) is 12.8 Å². The molecule has 136 valence electrons. The fraction of sp³-hybridized carbons (Fsp3) is 0.348. The predicted molar refractivity (Wildman–Crippen MR) is 110 cm³/mol. The third-order valence-electron chi connectivity index (χ3n) is 4.83. The van der Waals surface area contributed by atoms with E-state index in [1.54, 1.807) is 0 Å². The number of nitrogens with one attached hydrogen (secondary N) is 1. The maximum Gasteiger partial charge on any atom is 0.227 e. The summed E-state index contributed by atoms with van der Waals surface area (Å²) in [7, 11) is 0. The average molecular weight is 348 g/mol. The lowest BCUT2D eigenvalue weighted by Gasteiger charge is -2.34. The van der Waals surface area contributed by atoms with Gasteiger partial charge in [0.2, 0.25) is 5.91 Å². The molecule has 0 saturated heterocycles. The zero-order valence-corrected chi connectivity index (χ0v) is 15.7. The molecule has 0 spiro atoms. The van der Waals surface area contributed by atoms with Gasteiger partial charge >= 0.3 is 0 Å². The van der Waals surface area contributed by atoms with Gasteiger partial charge in [-0.2, -0.15) is 0 Å². The number of amides is 1. The Bertz CT molecular complexity index is 767. The SMILES string of the molecule is CCCCCCC(=O)N1c2ccccc2C(Nc2ccccc2)=C[C@H]1C. The fourth-order valence-corrected chi connectivity index (χ4v) is 3.51. The maximum absolute atomic E-state index is 12.9. The molecule has 1 aliphatic heterocycles. The Morgan fingerprint density at radius 1 is 1.00 bits per heavy atom. The minimum absolute atomic E-state index is 0.0368. The highest BCUT2D eigenvalue weighted by atomic mass is 16.2. The van der Waals surface area contributed by atoms with Gasteiger partial charge in [-0.3, -0.25) is 4.79 Å². The number of rotatable bonds is 7. The van der Waals surface area contributed by atoms with Gasteiger partial charge in [0.1, 0.15) is 0 Å². The van der Waals surface area contributed by atoms with E-state index in [4.69, 9.17) is 0 Å². The number of carbonyl (C=O) groups excluding carboxylic acids is 1. The van der Waals surface area contributed by atoms with Crippen LogP contribution in [0.25, 0.3) is 5.70 Å². The second-order valence-electron chi connectivity index (χ2n) is 6.90. The van der Waals surface area contributed by atoms with E-state index in [1.807, 2.05) is 35.2 Å². The highest BCUT2D eigenvalue weighted by Crippen LogP contribution is 2.35. The van der Waals surface area contributed by atoms with Crippen LogP contribution in [0.15, 0.2) is 60.7 Å². The summed E-state index contributed by atoms with van der Waals surface area (Å²) in [4.78, 5) is 14.8. The molecule has 0 aliphatic carbocycles. The molecule has 1 heterocycles. The number of anilines is 2. The second kappa shape index (κ2) is 8.70. The van der Waals surface area contributed by atoms with Crippen molar-refractivity contribution in [2.45, 2.75) is 52.0 Å². The monoisotopic (exact) mass is 348 g/mol. The molecule has 3 heteroatoms. The number of nitrogens with zero attached hydrogens (tertiary/aromatic N) is 1. The van der Waals surface area contributed by atoms with Crippen LogP contribution in [0, 0.1) is 0 Å². The van der Waals surface area contributed by atoms with Crippen molar-refractivity contribution in [3.8, 4) is 0 Å². The van der Waals surface area contributed by atoms with E-state index in [0.717, 1.165) is 35.5 Å². The lowest BCUT2D eigenvalue weighted by molar-refractivity contribution is -0.119. The Labute approximate surface area is 156 Å². The highest BCUT2D eigenvalue weighted by molar-refractivity contribution is 6.00. The topological polar surface area (TPSA) is 32.3 Å². The van der Waals surface area contributed by atoms with Crippen LogP contribution >= 0.6 is 0 Å². The van der Waals surface area contributed by atoms with E-state index < -0.39 is 0 Å². The number of fused-ring (bicyclic) bond motifs is 1. The molecule has 0 aromatic heterocycles. The van der Waals surface area contributed by atoms with Crippen molar-refractivity contribution in [3.05, 3.63) is 66.2 Å². The lowest BCUT2D eigenvalue weighted by Crippen LogP contribution is -2.40. The van der Waals surface area contributed by atoms with E-state index in [9.17, 15) is 4.79 Å². The van der Waals surface area contributed by atoms with Gasteiger partial charge in [-0.15, -0.1) is 0 Å². The molecular weight excluding hydrogens is 320 g/mol. The Hall–Kier alpha value is -2.55. The van der Waals surface area contributed by atoms with Crippen molar-refractivity contribution in [2.24, 2.45) is 0 Å². The number of unbranched alkanes of at least 4 members (excludes halogenated alkanes) is 3. The molecule has 3 nitrogen and oxygen atoms in total. The quantitative estimate of drug-likeness (QED) is 0.637. The molecule has 1 amide bonds. The van der Waals surface area contributed by atoms with Crippen LogP contribution in [0.4, 0.5) is 11.4 Å². The number of hydrogen-bond donors (Lipinski definition) is 1. The number of hydrogen-bond acceptors (Lipinski definition) is 2. The molecule has 0 radical (unpaired) electrons. The summed E-state index contributed by atoms with van der Waals surface area (Å²) in [5.41, 5.74) is 4.20. The van der Waals surface area contributed by atoms with Crippen molar-refractivity contribution in [3.63, 3.8) is 0 Å². The van der Waals surface area contributed by atoms with Gasteiger partial charge in [0.25, 0.3) is 0 Å². The average Bonchev–Trinajstić information content (AvgIpc) is 2.66. The molecule has 0 bridgehead atoms. The molecule has 2 aromatic rings. The molecule has 0 fully saturated rings. The lowest BCUT2D eigenvalue weighted by atomic mass is 9.99. The molecule has 1 N–H and O–H groups in total. The zero-order chi connectivity index (χ0) is 18.4. The molecule has 26 heavy (non-hydrogen) atoms. The first-order chi connectivity index (χ1) is 12.7. The van der Waals surface area contributed by atoms with E-state index in [0.29, 0.717) is 6.42 Å². The number of para-hydroxylation sites is 2. The highest BCUT2D eigenvalue weighted by Gasteiger charge is 2.28. The normalized spacial score (nSPS) is 16.0. The third-order valence-corrected chi connectivity index (χ3v) is 4.83. The van der Waals surface area contributed by atoms with Crippen LogP contribution in [0.3, 0.4) is 0 Å². The van der Waals surface area contributed by atoms with Crippen molar-refractivity contribution < 1.29 is 4.79 Å². The van der Waals surface area contributed by atoms with E-state index >= 15 is 0 Å². The maximum atomic E-state index is 12.9. The van der Waals surface area contributed by atoms with Crippen LogP contribution in [0.2, 0.25) is 0 Å². The van der Waals surface area contributed by atoms with Crippen LogP contribution in [0.5, 0.6) is 0 Å². The molecule has 3 rings (SSSR count). The van der Waals surface area contributed by atoms with E-state index in [2.05, 4.69) is 49.5 Å². The van der Waals surface area contributed by atoms with Gasteiger partial charge in [-0.05, 0) is 37.6 Å². The molecule has 1 atom stereocenters. The number of carbonyl (C=O) groups is 1. The van der Waals surface area contributed by atoms with E-state index in [-0.39, 0.29) is 11.9 Å². The first-order valence-corrected chi connectivity index (χ1v) is 9.66.